The van der Waals surface area contributed by atoms with Gasteiger partial charge in [-0.2, -0.15) is 0 Å². The molecule has 1 amide bonds. The number of thioether (sulfide) groups is 1. The second kappa shape index (κ2) is 7.65. The SMILES string of the molecule is CCC(C(=O)O)N1C(=O)C(=Cc2ccc(-c3cccc(Cl)c3)o2)SC1=S. The zero-order valence-corrected chi connectivity index (χ0v) is 16.0. The van der Waals surface area contributed by atoms with Gasteiger partial charge in [0.2, 0.25) is 0 Å². The molecule has 1 aromatic heterocycles. The van der Waals surface area contributed by atoms with Crippen molar-refractivity contribution in [2.45, 2.75) is 19.4 Å². The van der Waals surface area contributed by atoms with Crippen molar-refractivity contribution in [2.75, 3.05) is 0 Å². The lowest BCUT2D eigenvalue weighted by atomic mass is 10.2. The molecule has 0 spiro atoms. The number of thiocarbonyl (C=S) groups is 1. The van der Waals surface area contributed by atoms with Gasteiger partial charge >= 0.3 is 5.97 Å². The summed E-state index contributed by atoms with van der Waals surface area (Å²) in [6, 6.07) is 9.79. The maximum absolute atomic E-state index is 12.6. The van der Waals surface area contributed by atoms with Crippen molar-refractivity contribution < 1.29 is 19.1 Å². The van der Waals surface area contributed by atoms with Gasteiger partial charge in [0.15, 0.2) is 0 Å². The maximum atomic E-state index is 12.6. The smallest absolute Gasteiger partial charge is 0.326 e. The standard InChI is InChI=1S/C18H14ClNO4S2/c1-2-13(17(22)23)20-16(21)15(26-18(20)25)9-12-6-7-14(24-12)10-4-3-5-11(19)8-10/h3-9,13H,2H2,1H3,(H,22,23). The van der Waals surface area contributed by atoms with Crippen LogP contribution in [0.2, 0.25) is 5.02 Å². The van der Waals surface area contributed by atoms with Gasteiger partial charge in [-0.3, -0.25) is 9.69 Å². The zero-order valence-electron chi connectivity index (χ0n) is 13.6. The molecular formula is C18H14ClNO4S2. The van der Waals surface area contributed by atoms with Crippen LogP contribution in [0.25, 0.3) is 17.4 Å². The Labute approximate surface area is 164 Å². The number of carboxylic acid groups (broad SMARTS) is 1. The predicted molar refractivity (Wildman–Crippen MR) is 106 cm³/mol. The van der Waals surface area contributed by atoms with Crippen LogP contribution in [0.3, 0.4) is 0 Å². The van der Waals surface area contributed by atoms with Gasteiger partial charge in [0.05, 0.1) is 4.91 Å². The monoisotopic (exact) mass is 407 g/mol. The van der Waals surface area contributed by atoms with Gasteiger partial charge in [0.1, 0.15) is 21.9 Å². The summed E-state index contributed by atoms with van der Waals surface area (Å²) >= 11 is 12.2. The van der Waals surface area contributed by atoms with Crippen molar-refractivity contribution in [2.24, 2.45) is 0 Å². The number of hydrogen-bond donors (Lipinski definition) is 1. The number of aliphatic carboxylic acids is 1. The molecule has 3 rings (SSSR count). The van der Waals surface area contributed by atoms with Crippen LogP contribution in [0.1, 0.15) is 19.1 Å². The average Bonchev–Trinajstić information content (AvgIpc) is 3.16. The third-order valence-corrected chi connectivity index (χ3v) is 5.38. The first-order valence-electron chi connectivity index (χ1n) is 7.76. The lowest BCUT2D eigenvalue weighted by Crippen LogP contribution is -2.43. The predicted octanol–water partition coefficient (Wildman–Crippen LogP) is 4.66. The van der Waals surface area contributed by atoms with Crippen molar-refractivity contribution in [3.05, 3.63) is 52.1 Å². The molecule has 0 radical (unpaired) electrons. The fourth-order valence-corrected chi connectivity index (χ4v) is 4.10. The van der Waals surface area contributed by atoms with E-state index in [-0.39, 0.29) is 10.7 Å². The quantitative estimate of drug-likeness (QED) is 0.574. The van der Waals surface area contributed by atoms with Gasteiger partial charge in [-0.15, -0.1) is 0 Å². The Kier molecular flexibility index (Phi) is 5.50. The molecule has 1 unspecified atom stereocenters. The highest BCUT2D eigenvalue weighted by Crippen LogP contribution is 2.35. The first-order chi connectivity index (χ1) is 12.4. The Morgan fingerprint density at radius 2 is 2.19 bits per heavy atom. The summed E-state index contributed by atoms with van der Waals surface area (Å²) in [7, 11) is 0. The molecule has 0 aliphatic carbocycles. The van der Waals surface area contributed by atoms with E-state index in [9.17, 15) is 14.7 Å². The summed E-state index contributed by atoms with van der Waals surface area (Å²) in [5.41, 5.74) is 0.821. The summed E-state index contributed by atoms with van der Waals surface area (Å²) < 4.78 is 5.99. The molecule has 26 heavy (non-hydrogen) atoms. The van der Waals surface area contributed by atoms with Crippen molar-refractivity contribution in [1.29, 1.82) is 0 Å². The molecule has 1 aliphatic rings. The number of halogens is 1. The molecule has 1 atom stereocenters. The number of amides is 1. The average molecular weight is 408 g/mol. The molecular weight excluding hydrogens is 394 g/mol. The van der Waals surface area contributed by atoms with Gasteiger partial charge in [-0.25, -0.2) is 4.79 Å². The fraction of sp³-hybridized carbons (Fsp3) is 0.167. The van der Waals surface area contributed by atoms with Gasteiger partial charge < -0.3 is 9.52 Å². The highest BCUT2D eigenvalue weighted by Gasteiger charge is 2.39. The number of carbonyl (C=O) groups is 2. The molecule has 134 valence electrons. The molecule has 1 N–H and O–H groups in total. The van der Waals surface area contributed by atoms with Crippen molar-refractivity contribution >= 4 is 57.9 Å². The van der Waals surface area contributed by atoms with E-state index in [4.69, 9.17) is 28.2 Å². The van der Waals surface area contributed by atoms with Gasteiger partial charge in [-0.1, -0.05) is 54.6 Å². The topological polar surface area (TPSA) is 70.8 Å². The number of rotatable bonds is 5. The number of carboxylic acids is 1. The van der Waals surface area contributed by atoms with Gasteiger partial charge in [-0.05, 0) is 30.7 Å². The molecule has 1 aromatic carbocycles. The first kappa shape index (κ1) is 18.7. The Morgan fingerprint density at radius 1 is 1.42 bits per heavy atom. The number of nitrogens with zero attached hydrogens (tertiary/aromatic N) is 1. The van der Waals surface area contributed by atoms with Crippen LogP contribution in [-0.4, -0.2) is 32.2 Å². The van der Waals surface area contributed by atoms with E-state index in [2.05, 4.69) is 0 Å². The molecule has 5 nitrogen and oxygen atoms in total. The molecule has 2 aromatic rings. The maximum Gasteiger partial charge on any atom is 0.326 e. The molecule has 0 saturated carbocycles. The highest BCUT2D eigenvalue weighted by atomic mass is 35.5. The summed E-state index contributed by atoms with van der Waals surface area (Å²) in [5, 5.41) is 9.88. The van der Waals surface area contributed by atoms with E-state index in [0.717, 1.165) is 22.2 Å². The summed E-state index contributed by atoms with van der Waals surface area (Å²) in [6.45, 7) is 1.70. The minimum absolute atomic E-state index is 0.233. The normalized spacial score (nSPS) is 17.2. The Balaban J connectivity index is 1.86. The molecule has 2 heterocycles. The zero-order chi connectivity index (χ0) is 18.8. The number of hydrogen-bond acceptors (Lipinski definition) is 5. The number of benzene rings is 1. The molecule has 1 fully saturated rings. The van der Waals surface area contributed by atoms with Crippen LogP contribution >= 0.6 is 35.6 Å². The van der Waals surface area contributed by atoms with Crippen LogP contribution in [0, 0.1) is 0 Å². The van der Waals surface area contributed by atoms with Gasteiger partial charge in [0, 0.05) is 16.7 Å². The third-order valence-electron chi connectivity index (χ3n) is 3.82. The summed E-state index contributed by atoms with van der Waals surface area (Å²) in [4.78, 5) is 25.4. The van der Waals surface area contributed by atoms with Crippen LogP contribution in [-0.2, 0) is 9.59 Å². The van der Waals surface area contributed by atoms with Crippen LogP contribution in [0.15, 0.2) is 45.7 Å². The largest absolute Gasteiger partial charge is 0.480 e. The van der Waals surface area contributed by atoms with Gasteiger partial charge in [0.25, 0.3) is 5.91 Å². The second-order valence-corrected chi connectivity index (χ2v) is 7.64. The van der Waals surface area contributed by atoms with E-state index in [1.165, 1.54) is 0 Å². The third kappa shape index (κ3) is 3.70. The Hall–Kier alpha value is -2.09. The minimum atomic E-state index is -1.08. The lowest BCUT2D eigenvalue weighted by Gasteiger charge is -2.21. The van der Waals surface area contributed by atoms with E-state index < -0.39 is 17.9 Å². The summed E-state index contributed by atoms with van der Waals surface area (Å²) in [5.74, 6) is -0.406. The first-order valence-corrected chi connectivity index (χ1v) is 9.36. The van der Waals surface area contributed by atoms with Crippen LogP contribution < -0.4 is 0 Å². The molecule has 0 bridgehead atoms. The van der Waals surface area contributed by atoms with Crippen molar-refractivity contribution in [1.82, 2.24) is 4.90 Å². The van der Waals surface area contributed by atoms with E-state index >= 15 is 0 Å². The number of carbonyl (C=O) groups excluding carboxylic acids is 1. The lowest BCUT2D eigenvalue weighted by molar-refractivity contribution is -0.145. The van der Waals surface area contributed by atoms with Crippen molar-refractivity contribution in [3.63, 3.8) is 0 Å². The highest BCUT2D eigenvalue weighted by molar-refractivity contribution is 8.26. The Bertz CT molecular complexity index is 921. The molecule has 1 aliphatic heterocycles. The summed E-state index contributed by atoms with van der Waals surface area (Å²) in [6.07, 6.45) is 1.84. The van der Waals surface area contributed by atoms with Crippen molar-refractivity contribution in [3.8, 4) is 11.3 Å². The van der Waals surface area contributed by atoms with E-state index in [1.807, 2.05) is 12.1 Å². The minimum Gasteiger partial charge on any atom is -0.480 e. The van der Waals surface area contributed by atoms with E-state index in [0.29, 0.717) is 21.4 Å². The molecule has 1 saturated heterocycles. The molecule has 8 heteroatoms. The van der Waals surface area contributed by atoms with E-state index in [1.54, 1.807) is 37.3 Å². The van der Waals surface area contributed by atoms with Crippen LogP contribution in [0.4, 0.5) is 0 Å². The number of furan rings is 1. The van der Waals surface area contributed by atoms with Crippen LogP contribution in [0.5, 0.6) is 0 Å². The fourth-order valence-electron chi connectivity index (χ4n) is 2.57. The Morgan fingerprint density at radius 3 is 2.85 bits per heavy atom. The second-order valence-electron chi connectivity index (χ2n) is 5.53.